The second kappa shape index (κ2) is 7.93. The highest BCUT2D eigenvalue weighted by Gasteiger charge is 2.38. The number of ether oxygens (including phenoxy) is 2. The first-order valence-electron chi connectivity index (χ1n) is 8.70. The second-order valence-electron chi connectivity index (χ2n) is 6.42. The second-order valence-corrected chi connectivity index (χ2v) is 6.42. The molecule has 3 rings (SSSR count). The molecule has 1 aromatic heterocycles. The van der Waals surface area contributed by atoms with Crippen LogP contribution >= 0.6 is 0 Å². The number of aromatic nitrogens is 2. The molecule has 1 unspecified atom stereocenters. The molecule has 0 saturated heterocycles. The fourth-order valence-corrected chi connectivity index (χ4v) is 3.04. The quantitative estimate of drug-likeness (QED) is 0.601. The number of benzene rings is 1. The summed E-state index contributed by atoms with van der Waals surface area (Å²) >= 11 is 0. The zero-order valence-corrected chi connectivity index (χ0v) is 15.8. The van der Waals surface area contributed by atoms with E-state index in [0.29, 0.717) is 29.6 Å². The molecule has 0 spiro atoms. The number of carbonyl (C=O) groups excluding carboxylic acids is 1. The molecule has 1 N–H and O–H groups in total. The largest absolute Gasteiger partial charge is 0.492 e. The molecule has 0 bridgehead atoms. The average molecular weight is 371 g/mol. The lowest BCUT2D eigenvalue weighted by atomic mass is 9.77. The van der Waals surface area contributed by atoms with Gasteiger partial charge in [-0.25, -0.2) is 4.98 Å². The smallest absolute Gasteiger partial charge is 0.466 e. The minimum absolute atomic E-state index is 0.0526. The summed E-state index contributed by atoms with van der Waals surface area (Å²) in [5.41, 5.74) is 2.23. The number of fused-ring (bicyclic) bond motifs is 1. The van der Waals surface area contributed by atoms with Crippen LogP contribution in [0.3, 0.4) is 0 Å². The number of esters is 1. The van der Waals surface area contributed by atoms with Crippen LogP contribution in [0.1, 0.15) is 30.6 Å². The summed E-state index contributed by atoms with van der Waals surface area (Å²) < 4.78 is 16.4. The number of carbonyl (C=O) groups is 1. The Labute approximate surface area is 158 Å². The Morgan fingerprint density at radius 2 is 2.19 bits per heavy atom. The van der Waals surface area contributed by atoms with E-state index < -0.39 is 13.2 Å². The summed E-state index contributed by atoms with van der Waals surface area (Å²) in [4.78, 5) is 22.0. The van der Waals surface area contributed by atoms with E-state index in [1.165, 1.54) is 0 Å². The summed E-state index contributed by atoms with van der Waals surface area (Å²) in [7, 11) is 2.57. The molecule has 1 aliphatic rings. The summed E-state index contributed by atoms with van der Waals surface area (Å²) in [6.45, 7) is 3.94. The van der Waals surface area contributed by atoms with Gasteiger partial charge in [-0.3, -0.25) is 4.79 Å². The molecule has 2 heterocycles. The van der Waals surface area contributed by atoms with Gasteiger partial charge in [-0.1, -0.05) is 0 Å². The lowest BCUT2D eigenvalue weighted by Gasteiger charge is -2.15. The summed E-state index contributed by atoms with van der Waals surface area (Å²) in [6, 6.07) is 5.19. The Hall–Kier alpha value is -2.65. The predicted molar refractivity (Wildman–Crippen MR) is 100 cm³/mol. The van der Waals surface area contributed by atoms with Gasteiger partial charge in [0.2, 0.25) is 11.8 Å². The van der Waals surface area contributed by atoms with Gasteiger partial charge in [0.25, 0.3) is 0 Å². The number of hydrogen-bond donors (Lipinski definition) is 1. The Balaban J connectivity index is 1.85. The molecule has 0 aliphatic carbocycles. The van der Waals surface area contributed by atoms with E-state index in [1.807, 2.05) is 27.1 Å². The van der Waals surface area contributed by atoms with E-state index in [4.69, 9.17) is 14.1 Å². The number of rotatable bonds is 6. The molecule has 142 valence electrons. The van der Waals surface area contributed by atoms with Crippen LogP contribution in [-0.4, -0.2) is 48.8 Å². The van der Waals surface area contributed by atoms with Gasteiger partial charge in [0.05, 0.1) is 19.1 Å². The molecule has 0 radical (unpaired) electrons. The average Bonchev–Trinajstić information content (AvgIpc) is 2.91. The number of aryl methyl sites for hydroxylation is 1. The van der Waals surface area contributed by atoms with Crippen molar-refractivity contribution in [2.45, 2.75) is 26.4 Å². The van der Waals surface area contributed by atoms with E-state index in [-0.39, 0.29) is 12.4 Å². The highest BCUT2D eigenvalue weighted by Crippen LogP contribution is 2.33. The van der Waals surface area contributed by atoms with Crippen LogP contribution < -0.4 is 15.1 Å². The van der Waals surface area contributed by atoms with Crippen LogP contribution in [0.5, 0.6) is 11.6 Å². The summed E-state index contributed by atoms with van der Waals surface area (Å²) in [5, 5.41) is 10.3. The van der Waals surface area contributed by atoms with Crippen molar-refractivity contribution in [2.75, 3.05) is 25.6 Å². The monoisotopic (exact) mass is 371 g/mol. The Morgan fingerprint density at radius 3 is 2.89 bits per heavy atom. The molecule has 1 atom stereocenters. The van der Waals surface area contributed by atoms with Crippen molar-refractivity contribution in [3.63, 3.8) is 0 Å². The van der Waals surface area contributed by atoms with Gasteiger partial charge < -0.3 is 24.1 Å². The first-order chi connectivity index (χ1) is 12.9. The fourth-order valence-electron chi connectivity index (χ4n) is 3.04. The van der Waals surface area contributed by atoms with Crippen molar-refractivity contribution in [1.29, 1.82) is 0 Å². The van der Waals surface area contributed by atoms with Gasteiger partial charge in [0.15, 0.2) is 0 Å². The maximum atomic E-state index is 11.8. The summed E-state index contributed by atoms with van der Waals surface area (Å²) in [5.74, 6) is 1.08. The van der Waals surface area contributed by atoms with Gasteiger partial charge in [0, 0.05) is 26.4 Å². The number of nitrogens with zero attached hydrogens (tertiary/aromatic N) is 3. The highest BCUT2D eigenvalue weighted by atomic mass is 16.5. The molecular weight excluding hydrogens is 349 g/mol. The van der Waals surface area contributed by atoms with Crippen molar-refractivity contribution in [3.8, 4) is 11.6 Å². The lowest BCUT2D eigenvalue weighted by Crippen LogP contribution is -2.28. The molecule has 0 fully saturated rings. The number of anilines is 1. The van der Waals surface area contributed by atoms with Gasteiger partial charge in [0.1, 0.15) is 5.75 Å². The molecule has 8 nitrogen and oxygen atoms in total. The van der Waals surface area contributed by atoms with Crippen LogP contribution in [0, 0.1) is 6.92 Å². The topological polar surface area (TPSA) is 94.0 Å². The third kappa shape index (κ3) is 4.20. The first-order valence-corrected chi connectivity index (χ1v) is 8.70. The van der Waals surface area contributed by atoms with Gasteiger partial charge in [-0.2, -0.15) is 4.98 Å². The first kappa shape index (κ1) is 19.1. The third-order valence-electron chi connectivity index (χ3n) is 4.17. The SMILES string of the molecule is CCOC(=O)CC1OB(O)c2cc(Oc3ccnc(N(C)C)n3)cc(C)c21. The van der Waals surface area contributed by atoms with Crippen molar-refractivity contribution < 1.29 is 23.9 Å². The molecule has 9 heteroatoms. The maximum Gasteiger partial charge on any atom is 0.492 e. The normalized spacial score (nSPS) is 15.4. The van der Waals surface area contributed by atoms with Crippen molar-refractivity contribution in [2.24, 2.45) is 0 Å². The standard InChI is InChI=1S/C18H22BN3O5/c1-5-25-16(23)10-14-17-11(2)8-12(9-13(17)19(24)27-14)26-15-6-7-20-18(21-15)22(3)4/h6-9,14,24H,5,10H2,1-4H3. The van der Waals surface area contributed by atoms with Crippen LogP contribution in [0.25, 0.3) is 0 Å². The van der Waals surface area contributed by atoms with E-state index in [1.54, 1.807) is 30.2 Å². The van der Waals surface area contributed by atoms with Crippen LogP contribution in [0.2, 0.25) is 0 Å². The van der Waals surface area contributed by atoms with Crippen molar-refractivity contribution >= 4 is 24.5 Å². The van der Waals surface area contributed by atoms with Crippen molar-refractivity contribution in [3.05, 3.63) is 35.5 Å². The Kier molecular flexibility index (Phi) is 5.62. The molecule has 1 aromatic carbocycles. The van der Waals surface area contributed by atoms with Crippen LogP contribution in [0.15, 0.2) is 24.4 Å². The van der Waals surface area contributed by atoms with Gasteiger partial charge in [-0.15, -0.1) is 0 Å². The van der Waals surface area contributed by atoms with E-state index in [9.17, 15) is 9.82 Å². The highest BCUT2D eigenvalue weighted by molar-refractivity contribution is 6.62. The fraction of sp³-hybridized carbons (Fsp3) is 0.389. The number of hydrogen-bond acceptors (Lipinski definition) is 8. The molecule has 1 aliphatic heterocycles. The van der Waals surface area contributed by atoms with Gasteiger partial charge in [-0.05, 0) is 42.6 Å². The Morgan fingerprint density at radius 1 is 1.41 bits per heavy atom. The van der Waals surface area contributed by atoms with Gasteiger partial charge >= 0.3 is 13.1 Å². The van der Waals surface area contributed by atoms with Crippen molar-refractivity contribution in [1.82, 2.24) is 9.97 Å². The minimum Gasteiger partial charge on any atom is -0.466 e. The zero-order valence-electron chi connectivity index (χ0n) is 15.8. The third-order valence-corrected chi connectivity index (χ3v) is 4.17. The Bertz CT molecular complexity index is 846. The predicted octanol–water partition coefficient (Wildman–Crippen LogP) is 1.36. The van der Waals surface area contributed by atoms with E-state index in [0.717, 1.165) is 11.1 Å². The maximum absolute atomic E-state index is 11.8. The molecule has 0 amide bonds. The van der Waals surface area contributed by atoms with Crippen LogP contribution in [-0.2, 0) is 14.2 Å². The molecule has 27 heavy (non-hydrogen) atoms. The molecule has 2 aromatic rings. The van der Waals surface area contributed by atoms with E-state index >= 15 is 0 Å². The molecular formula is C18H22BN3O5. The minimum atomic E-state index is -1.12. The van der Waals surface area contributed by atoms with E-state index in [2.05, 4.69) is 9.97 Å². The zero-order chi connectivity index (χ0) is 19.6. The summed E-state index contributed by atoms with van der Waals surface area (Å²) in [6.07, 6.45) is 1.13. The molecule has 0 saturated carbocycles. The van der Waals surface area contributed by atoms with Crippen LogP contribution in [0.4, 0.5) is 5.95 Å². The lowest BCUT2D eigenvalue weighted by molar-refractivity contribution is -0.145.